The molecule has 0 atom stereocenters. The summed E-state index contributed by atoms with van der Waals surface area (Å²) in [5.74, 6) is -1.95. The van der Waals surface area contributed by atoms with Gasteiger partial charge in [0.25, 0.3) is 5.91 Å². The fraction of sp³-hybridized carbons (Fsp3) is 0.154. The number of nitrogens with one attached hydrogen (secondary N) is 1. The normalized spacial score (nSPS) is 10.8. The number of amides is 1. The minimum atomic E-state index is -3.11. The van der Waals surface area contributed by atoms with Crippen molar-refractivity contribution in [2.24, 2.45) is 0 Å². The molecule has 1 aromatic heterocycles. The summed E-state index contributed by atoms with van der Waals surface area (Å²) in [7, 11) is 0. The molecular formula is C13H9BrF3NO2S. The molecule has 0 saturated heterocycles. The second kappa shape index (κ2) is 6.48. The van der Waals surface area contributed by atoms with Crippen molar-refractivity contribution in [2.75, 3.05) is 5.32 Å². The Balaban J connectivity index is 2.12. The molecule has 0 bridgehead atoms. The second-order valence-electron chi connectivity index (χ2n) is 4.05. The Morgan fingerprint density at radius 1 is 1.38 bits per heavy atom. The molecule has 1 heterocycles. The summed E-state index contributed by atoms with van der Waals surface area (Å²) in [5, 5.41) is 2.49. The van der Waals surface area contributed by atoms with Gasteiger partial charge in [-0.05, 0) is 46.6 Å². The summed E-state index contributed by atoms with van der Waals surface area (Å²) in [6.07, 6.45) is 0. The first-order chi connectivity index (χ1) is 9.86. The maximum Gasteiger partial charge on any atom is 0.387 e. The van der Waals surface area contributed by atoms with E-state index >= 15 is 0 Å². The van der Waals surface area contributed by atoms with Crippen LogP contribution in [-0.4, -0.2) is 12.5 Å². The Morgan fingerprint density at radius 2 is 2.10 bits per heavy atom. The van der Waals surface area contributed by atoms with Crippen molar-refractivity contribution < 1.29 is 22.7 Å². The number of ether oxygens (including phenoxy) is 1. The van der Waals surface area contributed by atoms with Crippen LogP contribution < -0.4 is 10.1 Å². The number of rotatable bonds is 4. The first kappa shape index (κ1) is 15.8. The number of carbonyl (C=O) groups is 1. The number of halogens is 4. The Morgan fingerprint density at radius 3 is 2.62 bits per heavy atom. The quantitative estimate of drug-likeness (QED) is 0.827. The number of benzene rings is 1. The van der Waals surface area contributed by atoms with Crippen molar-refractivity contribution in [3.63, 3.8) is 0 Å². The van der Waals surface area contributed by atoms with Gasteiger partial charge in [0.15, 0.2) is 11.6 Å². The molecule has 1 aromatic carbocycles. The summed E-state index contributed by atoms with van der Waals surface area (Å²) >= 11 is 4.55. The summed E-state index contributed by atoms with van der Waals surface area (Å²) in [5.41, 5.74) is 1.07. The lowest BCUT2D eigenvalue weighted by Crippen LogP contribution is -2.11. The van der Waals surface area contributed by atoms with Gasteiger partial charge in [-0.25, -0.2) is 4.39 Å². The molecule has 0 spiro atoms. The van der Waals surface area contributed by atoms with E-state index in [1.54, 1.807) is 6.07 Å². The van der Waals surface area contributed by atoms with Crippen molar-refractivity contribution >= 4 is 38.9 Å². The first-order valence-electron chi connectivity index (χ1n) is 5.68. The largest absolute Gasteiger partial charge is 0.432 e. The predicted octanol–water partition coefficient (Wildman–Crippen LogP) is 4.81. The highest BCUT2D eigenvalue weighted by molar-refractivity contribution is 9.11. The fourth-order valence-corrected chi connectivity index (χ4v) is 2.96. The van der Waals surface area contributed by atoms with Gasteiger partial charge >= 0.3 is 6.61 Å². The molecule has 0 aliphatic carbocycles. The summed E-state index contributed by atoms with van der Waals surface area (Å²) in [6, 6.07) is 4.93. The number of aryl methyl sites for hydroxylation is 1. The fourth-order valence-electron chi connectivity index (χ4n) is 1.53. The summed E-state index contributed by atoms with van der Waals surface area (Å²) in [6.45, 7) is -1.26. The highest BCUT2D eigenvalue weighted by Crippen LogP contribution is 2.28. The zero-order chi connectivity index (χ0) is 15.6. The third kappa shape index (κ3) is 3.98. The van der Waals surface area contributed by atoms with E-state index in [0.29, 0.717) is 4.88 Å². The zero-order valence-corrected chi connectivity index (χ0v) is 13.0. The third-order valence-electron chi connectivity index (χ3n) is 2.49. The maximum atomic E-state index is 13.5. The molecule has 0 aliphatic rings. The number of anilines is 1. The molecule has 112 valence electrons. The van der Waals surface area contributed by atoms with Crippen LogP contribution in [0.5, 0.6) is 5.75 Å². The molecule has 21 heavy (non-hydrogen) atoms. The average molecular weight is 380 g/mol. The van der Waals surface area contributed by atoms with Gasteiger partial charge in [-0.3, -0.25) is 4.79 Å². The van der Waals surface area contributed by atoms with E-state index in [4.69, 9.17) is 0 Å². The SMILES string of the molecule is Cc1cc(C(=O)Nc2ccc(OC(F)F)c(F)c2)sc1Br. The smallest absolute Gasteiger partial charge is 0.387 e. The zero-order valence-electron chi connectivity index (χ0n) is 10.6. The van der Waals surface area contributed by atoms with Crippen LogP contribution in [0.4, 0.5) is 18.9 Å². The molecule has 0 unspecified atom stereocenters. The average Bonchev–Trinajstić information content (AvgIpc) is 2.73. The van der Waals surface area contributed by atoms with E-state index in [9.17, 15) is 18.0 Å². The highest BCUT2D eigenvalue weighted by Gasteiger charge is 2.14. The highest BCUT2D eigenvalue weighted by atomic mass is 79.9. The van der Waals surface area contributed by atoms with Gasteiger partial charge in [-0.1, -0.05) is 0 Å². The van der Waals surface area contributed by atoms with Crippen LogP contribution >= 0.6 is 27.3 Å². The Labute approximate surface area is 130 Å². The maximum absolute atomic E-state index is 13.5. The number of alkyl halides is 2. The molecule has 1 amide bonds. The van der Waals surface area contributed by atoms with Crippen molar-refractivity contribution in [1.82, 2.24) is 0 Å². The molecular weight excluding hydrogens is 371 g/mol. The lowest BCUT2D eigenvalue weighted by atomic mass is 10.2. The predicted molar refractivity (Wildman–Crippen MR) is 77.7 cm³/mol. The molecule has 2 rings (SSSR count). The lowest BCUT2D eigenvalue weighted by Gasteiger charge is -2.08. The standard InChI is InChI=1S/C13H9BrF3NO2S/c1-6-4-10(21-11(6)14)12(19)18-7-2-3-9(8(15)5-7)20-13(16)17/h2-5,13H,1H3,(H,18,19). The number of carbonyl (C=O) groups excluding carboxylic acids is 1. The van der Waals surface area contributed by atoms with Crippen molar-refractivity contribution in [3.05, 3.63) is 44.3 Å². The molecule has 2 aromatic rings. The molecule has 0 radical (unpaired) electrons. The number of hydrogen-bond acceptors (Lipinski definition) is 3. The van der Waals surface area contributed by atoms with Gasteiger partial charge < -0.3 is 10.1 Å². The first-order valence-corrected chi connectivity index (χ1v) is 7.29. The Hall–Kier alpha value is -1.54. The van der Waals surface area contributed by atoms with Crippen LogP contribution in [0.2, 0.25) is 0 Å². The summed E-state index contributed by atoms with van der Waals surface area (Å²) in [4.78, 5) is 12.4. The molecule has 1 N–H and O–H groups in total. The van der Waals surface area contributed by atoms with E-state index < -0.39 is 24.1 Å². The van der Waals surface area contributed by atoms with Crippen LogP contribution in [-0.2, 0) is 0 Å². The van der Waals surface area contributed by atoms with Gasteiger partial charge in [0.2, 0.25) is 0 Å². The van der Waals surface area contributed by atoms with Gasteiger partial charge in [-0.15, -0.1) is 11.3 Å². The van der Waals surface area contributed by atoms with Crippen molar-refractivity contribution in [1.29, 1.82) is 0 Å². The van der Waals surface area contributed by atoms with Gasteiger partial charge in [0.05, 0.1) is 8.66 Å². The van der Waals surface area contributed by atoms with E-state index in [1.807, 2.05) is 6.92 Å². The van der Waals surface area contributed by atoms with Crippen LogP contribution in [0.3, 0.4) is 0 Å². The molecule has 0 fully saturated rings. The van der Waals surface area contributed by atoms with E-state index in [0.717, 1.165) is 21.5 Å². The monoisotopic (exact) mass is 379 g/mol. The van der Waals surface area contributed by atoms with E-state index in [-0.39, 0.29) is 5.69 Å². The van der Waals surface area contributed by atoms with E-state index in [1.165, 1.54) is 17.4 Å². The third-order valence-corrected chi connectivity index (χ3v) is 4.62. The molecule has 3 nitrogen and oxygen atoms in total. The van der Waals surface area contributed by atoms with Crippen molar-refractivity contribution in [3.8, 4) is 5.75 Å². The van der Waals surface area contributed by atoms with Gasteiger partial charge in [-0.2, -0.15) is 8.78 Å². The van der Waals surface area contributed by atoms with Crippen LogP contribution in [0.1, 0.15) is 15.2 Å². The molecule has 0 saturated carbocycles. The second-order valence-corrected chi connectivity index (χ2v) is 6.42. The van der Waals surface area contributed by atoms with Crippen LogP contribution in [0.15, 0.2) is 28.1 Å². The minimum Gasteiger partial charge on any atom is -0.432 e. The topological polar surface area (TPSA) is 38.3 Å². The number of hydrogen-bond donors (Lipinski definition) is 1. The minimum absolute atomic E-state index is 0.154. The molecule has 8 heteroatoms. The lowest BCUT2D eigenvalue weighted by molar-refractivity contribution is -0.0521. The van der Waals surface area contributed by atoms with Crippen molar-refractivity contribution in [2.45, 2.75) is 13.5 Å². The van der Waals surface area contributed by atoms with Crippen LogP contribution in [0, 0.1) is 12.7 Å². The Kier molecular flexibility index (Phi) is 4.89. The van der Waals surface area contributed by atoms with E-state index in [2.05, 4.69) is 26.0 Å². The number of thiophene rings is 1. The van der Waals surface area contributed by atoms with Gasteiger partial charge in [0, 0.05) is 11.8 Å². The van der Waals surface area contributed by atoms with Crippen LogP contribution in [0.25, 0.3) is 0 Å². The molecule has 0 aliphatic heterocycles. The Bertz CT molecular complexity index is 656. The van der Waals surface area contributed by atoms with Gasteiger partial charge in [0.1, 0.15) is 0 Å². The summed E-state index contributed by atoms with van der Waals surface area (Å²) < 4.78 is 42.4.